The molecule has 0 saturated heterocycles. The number of nitrogens with one attached hydrogen (secondary N) is 2. The molecule has 4 aromatic rings. The van der Waals surface area contributed by atoms with Crippen LogP contribution in [0.15, 0.2) is 67.0 Å². The maximum Gasteiger partial charge on any atom is 0.417 e. The van der Waals surface area contributed by atoms with Gasteiger partial charge in [0.05, 0.1) is 33.8 Å². The minimum atomic E-state index is -4.79. The number of halogens is 4. The van der Waals surface area contributed by atoms with Gasteiger partial charge in [0.2, 0.25) is 0 Å². The molecule has 0 aliphatic carbocycles. The van der Waals surface area contributed by atoms with Gasteiger partial charge in [-0.15, -0.1) is 0 Å². The Balaban J connectivity index is 1.49. The van der Waals surface area contributed by atoms with E-state index in [1.54, 1.807) is 6.07 Å². The van der Waals surface area contributed by atoms with Gasteiger partial charge in [-0.1, -0.05) is 0 Å². The number of urea groups is 1. The summed E-state index contributed by atoms with van der Waals surface area (Å²) in [5, 5.41) is 13.3. The molecule has 7 nitrogen and oxygen atoms in total. The molecule has 0 bridgehead atoms. The SMILES string of the molecule is N#Cc1ccc(NC(=O)Nc2ccc(C(=O)c3ccc4nccnc4c3)c(F)c2)cc1C(F)(F)F. The molecule has 2 amide bonds. The largest absolute Gasteiger partial charge is 0.417 e. The predicted molar refractivity (Wildman–Crippen MR) is 118 cm³/mol. The highest BCUT2D eigenvalue weighted by atomic mass is 19.4. The van der Waals surface area contributed by atoms with Crippen LogP contribution in [0.2, 0.25) is 0 Å². The number of hydrogen-bond donors (Lipinski definition) is 2. The summed E-state index contributed by atoms with van der Waals surface area (Å²) in [5.74, 6) is -1.52. The van der Waals surface area contributed by atoms with Crippen molar-refractivity contribution < 1.29 is 27.2 Å². The summed E-state index contributed by atoms with van der Waals surface area (Å²) in [6.07, 6.45) is -1.82. The van der Waals surface area contributed by atoms with Crippen LogP contribution in [0.4, 0.5) is 33.7 Å². The zero-order valence-electron chi connectivity index (χ0n) is 17.5. The van der Waals surface area contributed by atoms with Crippen molar-refractivity contribution in [2.24, 2.45) is 0 Å². The van der Waals surface area contributed by atoms with E-state index in [-0.39, 0.29) is 22.5 Å². The van der Waals surface area contributed by atoms with E-state index in [2.05, 4.69) is 20.6 Å². The van der Waals surface area contributed by atoms with Gasteiger partial charge in [-0.3, -0.25) is 14.8 Å². The molecule has 0 fully saturated rings. The van der Waals surface area contributed by atoms with Gasteiger partial charge in [0.15, 0.2) is 5.78 Å². The normalized spacial score (nSPS) is 11.1. The fourth-order valence-corrected chi connectivity index (χ4v) is 3.28. The van der Waals surface area contributed by atoms with Crippen LogP contribution >= 0.6 is 0 Å². The number of alkyl halides is 3. The number of amides is 2. The standard InChI is InChI=1S/C24H13F4N5O2/c25-19-11-16(33-23(35)32-15-3-1-14(12-29)18(10-15)24(26,27)28)4-5-17(19)22(34)13-2-6-20-21(9-13)31-8-7-30-20/h1-11H,(H2,32,33,35). The Morgan fingerprint density at radius 3 is 2.17 bits per heavy atom. The minimum absolute atomic E-state index is 0.0365. The van der Waals surface area contributed by atoms with Crippen LogP contribution in [0.1, 0.15) is 27.0 Å². The predicted octanol–water partition coefficient (Wildman–Crippen LogP) is 5.53. The summed E-state index contributed by atoms with van der Waals surface area (Å²) in [7, 11) is 0. The molecular weight excluding hydrogens is 466 g/mol. The molecule has 4 rings (SSSR count). The van der Waals surface area contributed by atoms with Crippen molar-refractivity contribution in [3.8, 4) is 6.07 Å². The zero-order valence-corrected chi connectivity index (χ0v) is 17.5. The summed E-state index contributed by atoms with van der Waals surface area (Å²) in [5.41, 5.74) is -1.08. The van der Waals surface area contributed by atoms with E-state index in [4.69, 9.17) is 5.26 Å². The Morgan fingerprint density at radius 2 is 1.51 bits per heavy atom. The van der Waals surface area contributed by atoms with Gasteiger partial charge in [0.1, 0.15) is 5.82 Å². The Bertz CT molecular complexity index is 1510. The van der Waals surface area contributed by atoms with Crippen molar-refractivity contribution >= 4 is 34.2 Å². The first kappa shape index (κ1) is 23.3. The van der Waals surface area contributed by atoms with Crippen LogP contribution < -0.4 is 10.6 Å². The molecule has 0 aliphatic heterocycles. The summed E-state index contributed by atoms with van der Waals surface area (Å²) >= 11 is 0. The van der Waals surface area contributed by atoms with Gasteiger partial charge in [-0.2, -0.15) is 18.4 Å². The van der Waals surface area contributed by atoms with Crippen molar-refractivity contribution in [2.75, 3.05) is 10.6 Å². The highest BCUT2D eigenvalue weighted by Gasteiger charge is 2.34. The van der Waals surface area contributed by atoms with E-state index in [9.17, 15) is 27.2 Å². The average Bonchev–Trinajstić information content (AvgIpc) is 2.83. The van der Waals surface area contributed by atoms with E-state index >= 15 is 0 Å². The molecular formula is C24H13F4N5O2. The van der Waals surface area contributed by atoms with Gasteiger partial charge < -0.3 is 10.6 Å². The van der Waals surface area contributed by atoms with E-state index in [0.717, 1.165) is 18.2 Å². The summed E-state index contributed by atoms with van der Waals surface area (Å²) in [6.45, 7) is 0. The highest BCUT2D eigenvalue weighted by Crippen LogP contribution is 2.33. The molecule has 0 aliphatic rings. The molecule has 35 heavy (non-hydrogen) atoms. The lowest BCUT2D eigenvalue weighted by Gasteiger charge is -2.12. The number of nitriles is 1. The van der Waals surface area contributed by atoms with Gasteiger partial charge in [-0.25, -0.2) is 9.18 Å². The van der Waals surface area contributed by atoms with E-state index in [1.807, 2.05) is 0 Å². The second-order valence-corrected chi connectivity index (χ2v) is 7.23. The topological polar surface area (TPSA) is 108 Å². The first-order chi connectivity index (χ1) is 16.7. The maximum atomic E-state index is 14.7. The van der Waals surface area contributed by atoms with Crippen LogP contribution in [0.5, 0.6) is 0 Å². The van der Waals surface area contributed by atoms with Gasteiger partial charge in [0, 0.05) is 29.3 Å². The molecule has 174 valence electrons. The van der Waals surface area contributed by atoms with E-state index < -0.39 is 34.9 Å². The molecule has 11 heteroatoms. The first-order valence-corrected chi connectivity index (χ1v) is 9.90. The third-order valence-corrected chi connectivity index (χ3v) is 4.91. The van der Waals surface area contributed by atoms with Gasteiger partial charge in [0.25, 0.3) is 0 Å². The second kappa shape index (κ2) is 9.18. The number of carbonyl (C=O) groups excluding carboxylic acids is 2. The van der Waals surface area contributed by atoms with Crippen LogP contribution in [-0.4, -0.2) is 21.8 Å². The van der Waals surface area contributed by atoms with Crippen molar-refractivity contribution in [3.05, 3.63) is 95.1 Å². The number of anilines is 2. The lowest BCUT2D eigenvalue weighted by Crippen LogP contribution is -2.20. The highest BCUT2D eigenvalue weighted by molar-refractivity contribution is 6.10. The number of aromatic nitrogens is 2. The van der Waals surface area contributed by atoms with E-state index in [1.165, 1.54) is 42.7 Å². The number of hydrogen-bond acceptors (Lipinski definition) is 5. The molecule has 0 saturated carbocycles. The monoisotopic (exact) mass is 479 g/mol. The molecule has 3 aromatic carbocycles. The van der Waals surface area contributed by atoms with Crippen molar-refractivity contribution in [1.29, 1.82) is 5.26 Å². The van der Waals surface area contributed by atoms with Crippen LogP contribution in [-0.2, 0) is 6.18 Å². The molecule has 1 aromatic heterocycles. The summed E-state index contributed by atoms with van der Waals surface area (Å²) in [6, 6.07) is 11.1. The lowest BCUT2D eigenvalue weighted by atomic mass is 10.0. The molecule has 0 spiro atoms. The van der Waals surface area contributed by atoms with Crippen molar-refractivity contribution in [2.45, 2.75) is 6.18 Å². The Hall–Kier alpha value is -4.85. The Morgan fingerprint density at radius 1 is 0.857 bits per heavy atom. The molecule has 0 unspecified atom stereocenters. The molecule has 2 N–H and O–H groups in total. The third kappa shape index (κ3) is 5.06. The third-order valence-electron chi connectivity index (χ3n) is 4.91. The summed E-state index contributed by atoms with van der Waals surface area (Å²) < 4.78 is 53.9. The summed E-state index contributed by atoms with van der Waals surface area (Å²) in [4.78, 5) is 33.2. The van der Waals surface area contributed by atoms with Gasteiger partial charge in [-0.05, 0) is 54.6 Å². The smallest absolute Gasteiger partial charge is 0.308 e. The quantitative estimate of drug-likeness (QED) is 0.295. The maximum absolute atomic E-state index is 14.7. The molecule has 1 heterocycles. The van der Waals surface area contributed by atoms with Gasteiger partial charge >= 0.3 is 12.2 Å². The average molecular weight is 479 g/mol. The van der Waals surface area contributed by atoms with Crippen LogP contribution in [0.25, 0.3) is 11.0 Å². The minimum Gasteiger partial charge on any atom is -0.308 e. The molecule has 0 radical (unpaired) electrons. The Kier molecular flexibility index (Phi) is 6.12. The lowest BCUT2D eigenvalue weighted by molar-refractivity contribution is -0.137. The van der Waals surface area contributed by atoms with Crippen molar-refractivity contribution in [3.63, 3.8) is 0 Å². The second-order valence-electron chi connectivity index (χ2n) is 7.23. The van der Waals surface area contributed by atoms with Crippen LogP contribution in [0, 0.1) is 17.1 Å². The van der Waals surface area contributed by atoms with Crippen molar-refractivity contribution in [1.82, 2.24) is 9.97 Å². The molecule has 0 atom stereocenters. The number of rotatable bonds is 4. The first-order valence-electron chi connectivity index (χ1n) is 9.90. The fourth-order valence-electron chi connectivity index (χ4n) is 3.28. The van der Waals surface area contributed by atoms with Crippen LogP contribution in [0.3, 0.4) is 0 Å². The number of ketones is 1. The number of carbonyl (C=O) groups is 2. The zero-order chi connectivity index (χ0) is 25.2. The fraction of sp³-hybridized carbons (Fsp3) is 0.0417. The number of nitrogens with zero attached hydrogens (tertiary/aromatic N) is 3. The van der Waals surface area contributed by atoms with E-state index in [0.29, 0.717) is 17.1 Å². The number of benzene rings is 3. The Labute approximate surface area is 195 Å². The number of fused-ring (bicyclic) bond motifs is 1.